The van der Waals surface area contributed by atoms with E-state index in [-0.39, 0.29) is 17.5 Å². The zero-order chi connectivity index (χ0) is 17.3. The first-order chi connectivity index (χ1) is 11.5. The highest BCUT2D eigenvalue weighted by Gasteiger charge is 2.25. The van der Waals surface area contributed by atoms with Crippen molar-refractivity contribution in [3.05, 3.63) is 68.1 Å². The summed E-state index contributed by atoms with van der Waals surface area (Å²) in [6.07, 6.45) is 2.23. The first kappa shape index (κ1) is 16.3. The summed E-state index contributed by atoms with van der Waals surface area (Å²) in [6.45, 7) is 0. The molecule has 0 aliphatic heterocycles. The number of pyridine rings is 1. The number of amides is 2. The Bertz CT molecular complexity index is 858. The maximum atomic E-state index is 12.4. The molecule has 1 atom stereocenters. The molecular formula is C17H16ClN3O3. The van der Waals surface area contributed by atoms with E-state index in [2.05, 4.69) is 10.3 Å². The predicted octanol–water partition coefficient (Wildman–Crippen LogP) is 1.93. The molecule has 0 saturated heterocycles. The molecule has 1 aliphatic carbocycles. The van der Waals surface area contributed by atoms with Crippen molar-refractivity contribution in [3.8, 4) is 0 Å². The Balaban J connectivity index is 1.90. The lowest BCUT2D eigenvalue weighted by Crippen LogP contribution is -2.34. The first-order valence-electron chi connectivity index (χ1n) is 7.58. The average Bonchev–Trinajstić information content (AvgIpc) is 2.54. The Labute approximate surface area is 143 Å². The zero-order valence-corrected chi connectivity index (χ0v) is 13.5. The van der Waals surface area contributed by atoms with Gasteiger partial charge in [0.25, 0.3) is 17.4 Å². The van der Waals surface area contributed by atoms with E-state index in [1.165, 1.54) is 6.07 Å². The van der Waals surface area contributed by atoms with Crippen LogP contribution >= 0.6 is 11.6 Å². The summed E-state index contributed by atoms with van der Waals surface area (Å²) in [7, 11) is 0. The standard InChI is InChI=1S/C17H16ClN3O3/c18-10-6-4-9(5-7-10)16(23)20-13-2-1-3-14-11(13)8-12(15(19)22)17(24)21-14/h4-8,13H,1-3H2,(H2,19,22)(H,20,23)(H,21,24). The summed E-state index contributed by atoms with van der Waals surface area (Å²) >= 11 is 5.83. The highest BCUT2D eigenvalue weighted by atomic mass is 35.5. The number of rotatable bonds is 3. The Hall–Kier alpha value is -2.60. The Kier molecular flexibility index (Phi) is 4.40. The van der Waals surface area contributed by atoms with Crippen molar-refractivity contribution in [2.45, 2.75) is 25.3 Å². The highest BCUT2D eigenvalue weighted by molar-refractivity contribution is 6.30. The predicted molar refractivity (Wildman–Crippen MR) is 90.2 cm³/mol. The van der Waals surface area contributed by atoms with Crippen molar-refractivity contribution in [2.24, 2.45) is 5.73 Å². The van der Waals surface area contributed by atoms with Crippen LogP contribution in [-0.2, 0) is 6.42 Å². The van der Waals surface area contributed by atoms with E-state index in [9.17, 15) is 14.4 Å². The van der Waals surface area contributed by atoms with E-state index < -0.39 is 11.5 Å². The minimum atomic E-state index is -0.785. The van der Waals surface area contributed by atoms with Crippen LogP contribution in [0.15, 0.2) is 35.1 Å². The van der Waals surface area contributed by atoms with Gasteiger partial charge in [0.1, 0.15) is 5.56 Å². The molecule has 1 aromatic heterocycles. The van der Waals surface area contributed by atoms with Crippen LogP contribution in [0.1, 0.15) is 50.9 Å². The monoisotopic (exact) mass is 345 g/mol. The Morgan fingerprint density at radius 1 is 1.25 bits per heavy atom. The quantitative estimate of drug-likeness (QED) is 0.791. The molecule has 1 unspecified atom stereocenters. The minimum Gasteiger partial charge on any atom is -0.365 e. The molecule has 2 aromatic rings. The largest absolute Gasteiger partial charge is 0.365 e. The number of hydrogen-bond donors (Lipinski definition) is 3. The number of aryl methyl sites for hydroxylation is 1. The van der Waals surface area contributed by atoms with Gasteiger partial charge in [0.15, 0.2) is 0 Å². The number of nitrogens with two attached hydrogens (primary N) is 1. The number of carbonyl (C=O) groups is 2. The second-order valence-electron chi connectivity index (χ2n) is 5.74. The van der Waals surface area contributed by atoms with Gasteiger partial charge in [0, 0.05) is 16.3 Å². The number of hydrogen-bond acceptors (Lipinski definition) is 3. The molecule has 0 fully saturated rings. The van der Waals surface area contributed by atoms with Crippen molar-refractivity contribution in [3.63, 3.8) is 0 Å². The SMILES string of the molecule is NC(=O)c1cc2c([nH]c1=O)CCCC2NC(=O)c1ccc(Cl)cc1. The molecular weight excluding hydrogens is 330 g/mol. The highest BCUT2D eigenvalue weighted by Crippen LogP contribution is 2.28. The van der Waals surface area contributed by atoms with Gasteiger partial charge in [-0.15, -0.1) is 0 Å². The van der Waals surface area contributed by atoms with Crippen molar-refractivity contribution in [2.75, 3.05) is 0 Å². The number of carbonyl (C=O) groups excluding carboxylic acids is 2. The number of halogens is 1. The molecule has 0 spiro atoms. The van der Waals surface area contributed by atoms with Gasteiger partial charge >= 0.3 is 0 Å². The van der Waals surface area contributed by atoms with Crippen LogP contribution in [0.25, 0.3) is 0 Å². The number of primary amides is 1. The van der Waals surface area contributed by atoms with E-state index in [0.717, 1.165) is 24.1 Å². The number of nitrogens with one attached hydrogen (secondary N) is 2. The Morgan fingerprint density at radius 2 is 1.96 bits per heavy atom. The van der Waals surface area contributed by atoms with Gasteiger partial charge in [0.05, 0.1) is 6.04 Å². The molecule has 2 amide bonds. The van der Waals surface area contributed by atoms with E-state index in [0.29, 0.717) is 17.0 Å². The van der Waals surface area contributed by atoms with Crippen molar-refractivity contribution in [1.82, 2.24) is 10.3 Å². The Morgan fingerprint density at radius 3 is 2.62 bits per heavy atom. The molecule has 124 valence electrons. The molecule has 24 heavy (non-hydrogen) atoms. The normalized spacial score (nSPS) is 16.3. The third kappa shape index (κ3) is 3.19. The van der Waals surface area contributed by atoms with Crippen LogP contribution in [0, 0.1) is 0 Å². The van der Waals surface area contributed by atoms with Gasteiger partial charge < -0.3 is 16.0 Å². The second-order valence-corrected chi connectivity index (χ2v) is 6.17. The molecule has 6 nitrogen and oxygen atoms in total. The molecule has 1 heterocycles. The van der Waals surface area contributed by atoms with Gasteiger partial charge in [-0.1, -0.05) is 11.6 Å². The van der Waals surface area contributed by atoms with Crippen molar-refractivity contribution >= 4 is 23.4 Å². The molecule has 0 radical (unpaired) electrons. The van der Waals surface area contributed by atoms with Gasteiger partial charge in [-0.25, -0.2) is 0 Å². The van der Waals surface area contributed by atoms with E-state index in [1.807, 2.05) is 0 Å². The molecule has 0 bridgehead atoms. The third-order valence-electron chi connectivity index (χ3n) is 4.13. The van der Waals surface area contributed by atoms with Crippen LogP contribution in [-0.4, -0.2) is 16.8 Å². The number of aromatic nitrogens is 1. The number of fused-ring (bicyclic) bond motifs is 1. The van der Waals surface area contributed by atoms with Gasteiger partial charge in [-0.05, 0) is 55.2 Å². The third-order valence-corrected chi connectivity index (χ3v) is 4.38. The summed E-state index contributed by atoms with van der Waals surface area (Å²) in [6, 6.07) is 7.78. The summed E-state index contributed by atoms with van der Waals surface area (Å²) in [4.78, 5) is 38.4. The van der Waals surface area contributed by atoms with E-state index in [1.54, 1.807) is 24.3 Å². The smallest absolute Gasteiger partial charge is 0.261 e. The van der Waals surface area contributed by atoms with Crippen LogP contribution in [0.3, 0.4) is 0 Å². The maximum absolute atomic E-state index is 12.4. The summed E-state index contributed by atoms with van der Waals surface area (Å²) in [5.74, 6) is -1.02. The van der Waals surface area contributed by atoms with Gasteiger partial charge in [0.2, 0.25) is 0 Å². The maximum Gasteiger partial charge on any atom is 0.261 e. The van der Waals surface area contributed by atoms with Crippen LogP contribution in [0.5, 0.6) is 0 Å². The fourth-order valence-electron chi connectivity index (χ4n) is 2.92. The lowest BCUT2D eigenvalue weighted by Gasteiger charge is -2.26. The first-order valence-corrected chi connectivity index (χ1v) is 7.96. The van der Waals surface area contributed by atoms with Gasteiger partial charge in [-0.2, -0.15) is 0 Å². The summed E-state index contributed by atoms with van der Waals surface area (Å²) < 4.78 is 0. The molecule has 3 rings (SSSR count). The van der Waals surface area contributed by atoms with Gasteiger partial charge in [-0.3, -0.25) is 14.4 Å². The summed E-state index contributed by atoms with van der Waals surface area (Å²) in [5.41, 5.74) is 6.61. The average molecular weight is 346 g/mol. The molecule has 0 saturated carbocycles. The van der Waals surface area contributed by atoms with E-state index in [4.69, 9.17) is 17.3 Å². The molecule has 1 aliphatic rings. The zero-order valence-electron chi connectivity index (χ0n) is 12.8. The molecule has 7 heteroatoms. The van der Waals surface area contributed by atoms with Crippen LogP contribution < -0.4 is 16.6 Å². The summed E-state index contributed by atoms with van der Waals surface area (Å²) in [5, 5.41) is 3.49. The van der Waals surface area contributed by atoms with Crippen molar-refractivity contribution < 1.29 is 9.59 Å². The van der Waals surface area contributed by atoms with Crippen LogP contribution in [0.2, 0.25) is 5.02 Å². The van der Waals surface area contributed by atoms with E-state index >= 15 is 0 Å². The molecule has 4 N–H and O–H groups in total. The fourth-order valence-corrected chi connectivity index (χ4v) is 3.04. The fraction of sp³-hybridized carbons (Fsp3) is 0.235. The number of aromatic amines is 1. The number of H-pyrrole nitrogens is 1. The lowest BCUT2D eigenvalue weighted by atomic mass is 9.90. The van der Waals surface area contributed by atoms with Crippen LogP contribution in [0.4, 0.5) is 0 Å². The lowest BCUT2D eigenvalue weighted by molar-refractivity contribution is 0.0932. The molecule has 1 aromatic carbocycles. The topological polar surface area (TPSA) is 105 Å². The second kappa shape index (κ2) is 6.49. The number of benzene rings is 1. The minimum absolute atomic E-state index is 0.0959. The van der Waals surface area contributed by atoms with Crippen molar-refractivity contribution in [1.29, 1.82) is 0 Å².